The summed E-state index contributed by atoms with van der Waals surface area (Å²) in [5.74, 6) is -0.218. The summed E-state index contributed by atoms with van der Waals surface area (Å²) < 4.78 is 5.21. The van der Waals surface area contributed by atoms with Crippen molar-refractivity contribution in [3.05, 3.63) is 33.9 Å². The maximum atomic E-state index is 12.5. The van der Waals surface area contributed by atoms with Crippen molar-refractivity contribution in [3.63, 3.8) is 0 Å². The summed E-state index contributed by atoms with van der Waals surface area (Å²) in [6, 6.07) is 4.55. The number of carbonyl (C=O) groups is 1. The number of aliphatic hydroxyl groups excluding tert-OH is 1. The van der Waals surface area contributed by atoms with Gasteiger partial charge in [-0.25, -0.2) is 0 Å². The molecule has 2 saturated heterocycles. The van der Waals surface area contributed by atoms with Crippen molar-refractivity contribution < 1.29 is 19.6 Å². The highest BCUT2D eigenvalue weighted by Gasteiger charge is 2.28. The van der Waals surface area contributed by atoms with Gasteiger partial charge in [-0.15, -0.1) is 0 Å². The fraction of sp³-hybridized carbons (Fsp3) is 0.533. The largest absolute Gasteiger partial charge is 0.391 e. The van der Waals surface area contributed by atoms with E-state index in [1.807, 2.05) is 0 Å². The van der Waals surface area contributed by atoms with Gasteiger partial charge in [0.2, 0.25) is 0 Å². The van der Waals surface area contributed by atoms with E-state index < -0.39 is 11.0 Å². The molecule has 2 fully saturated rings. The van der Waals surface area contributed by atoms with E-state index in [1.54, 1.807) is 21.9 Å². The molecule has 23 heavy (non-hydrogen) atoms. The van der Waals surface area contributed by atoms with Crippen LogP contribution in [0.25, 0.3) is 0 Å². The van der Waals surface area contributed by atoms with E-state index in [4.69, 9.17) is 4.74 Å². The highest BCUT2D eigenvalue weighted by molar-refractivity contribution is 5.96. The van der Waals surface area contributed by atoms with Crippen LogP contribution in [0.15, 0.2) is 18.2 Å². The lowest BCUT2D eigenvalue weighted by atomic mass is 10.1. The van der Waals surface area contributed by atoms with Gasteiger partial charge in [-0.05, 0) is 18.6 Å². The standard InChI is InChI=1S/C15H19N3O5/c19-12-3-4-17(10-12)13-2-1-11(9-14(13)18(21)22)15(20)16-5-7-23-8-6-16/h1-2,9,12,19H,3-8,10H2/t12-/m1/s1. The fourth-order valence-corrected chi connectivity index (χ4v) is 2.98. The number of anilines is 1. The Morgan fingerprint density at radius 1 is 1.30 bits per heavy atom. The first-order chi connectivity index (χ1) is 11.1. The molecule has 2 aliphatic heterocycles. The minimum atomic E-state index is -0.476. The Morgan fingerprint density at radius 3 is 2.65 bits per heavy atom. The molecule has 0 aliphatic carbocycles. The normalized spacial score (nSPS) is 21.5. The summed E-state index contributed by atoms with van der Waals surface area (Å²) in [4.78, 5) is 26.8. The lowest BCUT2D eigenvalue weighted by Crippen LogP contribution is -2.40. The maximum absolute atomic E-state index is 12.5. The molecule has 124 valence electrons. The maximum Gasteiger partial charge on any atom is 0.293 e. The molecule has 1 amide bonds. The molecule has 0 spiro atoms. The van der Waals surface area contributed by atoms with E-state index in [0.717, 1.165) is 0 Å². The van der Waals surface area contributed by atoms with Gasteiger partial charge in [-0.3, -0.25) is 14.9 Å². The number of morpholine rings is 1. The number of ether oxygens (including phenoxy) is 1. The molecule has 1 aromatic carbocycles. The summed E-state index contributed by atoms with van der Waals surface area (Å²) in [5, 5.41) is 21.0. The van der Waals surface area contributed by atoms with Gasteiger partial charge in [-0.1, -0.05) is 0 Å². The number of aliphatic hydroxyl groups is 1. The Bertz CT molecular complexity index is 615. The molecule has 0 saturated carbocycles. The van der Waals surface area contributed by atoms with Gasteiger partial charge in [0.25, 0.3) is 11.6 Å². The van der Waals surface area contributed by atoms with Gasteiger partial charge in [0, 0.05) is 37.8 Å². The van der Waals surface area contributed by atoms with Crippen molar-refractivity contribution >= 4 is 17.3 Å². The van der Waals surface area contributed by atoms with Crippen molar-refractivity contribution in [2.45, 2.75) is 12.5 Å². The Kier molecular flexibility index (Phi) is 4.44. The minimum absolute atomic E-state index is 0.0989. The van der Waals surface area contributed by atoms with E-state index in [9.17, 15) is 20.0 Å². The average molecular weight is 321 g/mol. The molecule has 0 bridgehead atoms. The number of hydrogen-bond donors (Lipinski definition) is 1. The SMILES string of the molecule is O=C(c1ccc(N2CC[C@@H](O)C2)c([N+](=O)[O-])c1)N1CCOCC1. The summed E-state index contributed by atoms with van der Waals surface area (Å²) >= 11 is 0. The first-order valence-electron chi connectivity index (χ1n) is 7.65. The topological polar surface area (TPSA) is 96.2 Å². The molecule has 0 radical (unpaired) electrons. The number of nitrogens with zero attached hydrogens (tertiary/aromatic N) is 3. The molecule has 2 heterocycles. The van der Waals surface area contributed by atoms with Crippen molar-refractivity contribution in [3.8, 4) is 0 Å². The number of carbonyl (C=O) groups excluding carboxylic acids is 1. The lowest BCUT2D eigenvalue weighted by Gasteiger charge is -2.27. The van der Waals surface area contributed by atoms with Gasteiger partial charge >= 0.3 is 0 Å². The molecular formula is C15H19N3O5. The quantitative estimate of drug-likeness (QED) is 0.648. The third-order valence-electron chi connectivity index (χ3n) is 4.22. The zero-order valence-corrected chi connectivity index (χ0v) is 12.7. The van der Waals surface area contributed by atoms with Crippen LogP contribution in [0.1, 0.15) is 16.8 Å². The van der Waals surface area contributed by atoms with E-state index in [0.29, 0.717) is 57.1 Å². The van der Waals surface area contributed by atoms with Crippen LogP contribution in [0.2, 0.25) is 0 Å². The lowest BCUT2D eigenvalue weighted by molar-refractivity contribution is -0.384. The second kappa shape index (κ2) is 6.51. The molecule has 0 unspecified atom stereocenters. The predicted molar refractivity (Wildman–Crippen MR) is 82.7 cm³/mol. The van der Waals surface area contributed by atoms with Crippen LogP contribution in [0.5, 0.6) is 0 Å². The first-order valence-corrected chi connectivity index (χ1v) is 7.65. The van der Waals surface area contributed by atoms with Gasteiger partial charge in [0.15, 0.2) is 0 Å². The van der Waals surface area contributed by atoms with E-state index in [1.165, 1.54) is 6.07 Å². The minimum Gasteiger partial charge on any atom is -0.391 e. The van der Waals surface area contributed by atoms with Gasteiger partial charge in [-0.2, -0.15) is 0 Å². The highest BCUT2D eigenvalue weighted by Crippen LogP contribution is 2.32. The summed E-state index contributed by atoms with van der Waals surface area (Å²) in [6.45, 7) is 2.89. The number of benzene rings is 1. The van der Waals surface area contributed by atoms with Gasteiger partial charge in [0.05, 0.1) is 24.2 Å². The predicted octanol–water partition coefficient (Wildman–Crippen LogP) is 0.638. The molecule has 0 aromatic heterocycles. The molecule has 2 aliphatic rings. The first kappa shape index (κ1) is 15.7. The molecule has 1 aromatic rings. The zero-order chi connectivity index (χ0) is 16.4. The van der Waals surface area contributed by atoms with Crippen LogP contribution in [-0.4, -0.2) is 66.3 Å². The molecule has 8 nitrogen and oxygen atoms in total. The molecule has 1 atom stereocenters. The van der Waals surface area contributed by atoms with Crippen LogP contribution >= 0.6 is 0 Å². The van der Waals surface area contributed by atoms with Crippen molar-refractivity contribution in [2.24, 2.45) is 0 Å². The highest BCUT2D eigenvalue weighted by atomic mass is 16.6. The average Bonchev–Trinajstić information content (AvgIpc) is 3.00. The summed E-state index contributed by atoms with van der Waals surface area (Å²) in [7, 11) is 0. The monoisotopic (exact) mass is 321 g/mol. The zero-order valence-electron chi connectivity index (χ0n) is 12.7. The van der Waals surface area contributed by atoms with Crippen molar-refractivity contribution in [2.75, 3.05) is 44.3 Å². The van der Waals surface area contributed by atoms with Crippen LogP contribution < -0.4 is 4.90 Å². The van der Waals surface area contributed by atoms with Crippen LogP contribution in [-0.2, 0) is 4.74 Å². The van der Waals surface area contributed by atoms with Crippen LogP contribution in [0, 0.1) is 10.1 Å². The number of nitro groups is 1. The van der Waals surface area contributed by atoms with Gasteiger partial charge in [0.1, 0.15) is 5.69 Å². The Morgan fingerprint density at radius 2 is 2.04 bits per heavy atom. The molecular weight excluding hydrogens is 302 g/mol. The third kappa shape index (κ3) is 3.27. The van der Waals surface area contributed by atoms with Crippen LogP contribution in [0.4, 0.5) is 11.4 Å². The van der Waals surface area contributed by atoms with E-state index in [-0.39, 0.29) is 11.6 Å². The van der Waals surface area contributed by atoms with Crippen molar-refractivity contribution in [1.29, 1.82) is 0 Å². The van der Waals surface area contributed by atoms with Gasteiger partial charge < -0.3 is 19.6 Å². The Hall–Kier alpha value is -2.19. The molecule has 1 N–H and O–H groups in total. The fourth-order valence-electron chi connectivity index (χ4n) is 2.98. The summed E-state index contributed by atoms with van der Waals surface area (Å²) in [6.07, 6.45) is 0.121. The Labute approximate surface area is 133 Å². The molecule has 3 rings (SSSR count). The summed E-state index contributed by atoms with van der Waals surface area (Å²) in [5.41, 5.74) is 0.658. The number of β-amino-alcohol motifs (C(OH)–C–C–N with tert-alkyl or cyclic N) is 1. The molecule has 8 heteroatoms. The van der Waals surface area contributed by atoms with Crippen LogP contribution in [0.3, 0.4) is 0 Å². The second-order valence-corrected chi connectivity index (χ2v) is 5.75. The van der Waals surface area contributed by atoms with E-state index in [2.05, 4.69) is 0 Å². The van der Waals surface area contributed by atoms with Crippen molar-refractivity contribution in [1.82, 2.24) is 4.90 Å². The number of amides is 1. The smallest absolute Gasteiger partial charge is 0.293 e. The number of hydrogen-bond acceptors (Lipinski definition) is 6. The second-order valence-electron chi connectivity index (χ2n) is 5.75. The Balaban J connectivity index is 1.87. The van der Waals surface area contributed by atoms with E-state index >= 15 is 0 Å². The number of rotatable bonds is 3. The third-order valence-corrected chi connectivity index (χ3v) is 4.22. The number of nitro benzene ring substituents is 1.